The lowest BCUT2D eigenvalue weighted by molar-refractivity contribution is 0.105. The van der Waals surface area contributed by atoms with Gasteiger partial charge in [0.15, 0.2) is 0 Å². The van der Waals surface area contributed by atoms with Gasteiger partial charge in [-0.15, -0.1) is 0 Å². The molecule has 27 heavy (non-hydrogen) atoms. The van der Waals surface area contributed by atoms with E-state index >= 15 is 0 Å². The maximum atomic E-state index is 12.6. The number of urea groups is 1. The largest absolute Gasteiger partial charge is 0.372 e. The number of carbonyl (C=O) groups excluding carboxylic acids is 1. The summed E-state index contributed by atoms with van der Waals surface area (Å²) in [6.07, 6.45) is 8.21. The predicted octanol–water partition coefficient (Wildman–Crippen LogP) is 4.41. The van der Waals surface area contributed by atoms with Crippen LogP contribution in [0, 0.1) is 0 Å². The molecule has 0 atom stereocenters. The zero-order chi connectivity index (χ0) is 19.1. The van der Waals surface area contributed by atoms with Crippen LogP contribution in [0.15, 0.2) is 24.3 Å². The minimum Gasteiger partial charge on any atom is -0.372 e. The highest BCUT2D eigenvalue weighted by atomic mass is 16.2. The van der Waals surface area contributed by atoms with E-state index in [1.807, 2.05) is 17.0 Å². The van der Waals surface area contributed by atoms with E-state index in [0.29, 0.717) is 0 Å². The summed E-state index contributed by atoms with van der Waals surface area (Å²) in [4.78, 5) is 19.5. The van der Waals surface area contributed by atoms with Crippen LogP contribution < -0.4 is 10.2 Å². The Morgan fingerprint density at radius 2 is 1.56 bits per heavy atom. The monoisotopic (exact) mass is 372 g/mol. The molecule has 0 unspecified atom stereocenters. The lowest BCUT2D eigenvalue weighted by atomic mass is 10.1. The Morgan fingerprint density at radius 3 is 2.11 bits per heavy atom. The molecule has 1 N–H and O–H groups in total. The Labute approximate surface area is 164 Å². The molecule has 1 heterocycles. The number of piperazine rings is 1. The SMILES string of the molecule is CCN(CC)c1ccc(NC(=O)N2CCN(C3CCCCCC3)CC2)cc1. The molecule has 0 bridgehead atoms. The standard InChI is InChI=1S/C22H36N4O/c1-3-24(4-2)21-13-11-19(12-14-21)23-22(27)26-17-15-25(16-18-26)20-9-7-5-6-8-10-20/h11-14,20H,3-10,15-18H2,1-2H3,(H,23,27). The highest BCUT2D eigenvalue weighted by Gasteiger charge is 2.26. The van der Waals surface area contributed by atoms with Gasteiger partial charge in [0.25, 0.3) is 0 Å². The summed E-state index contributed by atoms with van der Waals surface area (Å²) in [6, 6.07) is 8.97. The minimum absolute atomic E-state index is 0.0334. The Bertz CT molecular complexity index is 568. The molecule has 0 aromatic heterocycles. The molecule has 1 aromatic carbocycles. The van der Waals surface area contributed by atoms with Crippen LogP contribution >= 0.6 is 0 Å². The maximum Gasteiger partial charge on any atom is 0.321 e. The van der Waals surface area contributed by atoms with Crippen molar-refractivity contribution in [1.82, 2.24) is 9.80 Å². The first kappa shape index (κ1) is 20.0. The van der Waals surface area contributed by atoms with Gasteiger partial charge in [-0.2, -0.15) is 0 Å². The van der Waals surface area contributed by atoms with Crippen LogP contribution in [0.3, 0.4) is 0 Å². The summed E-state index contributed by atoms with van der Waals surface area (Å²) in [6.45, 7) is 10.0. The molecule has 0 radical (unpaired) electrons. The number of amides is 2. The van der Waals surface area contributed by atoms with Gasteiger partial charge in [0, 0.05) is 56.7 Å². The fraction of sp³-hybridized carbons (Fsp3) is 0.682. The number of nitrogens with one attached hydrogen (secondary N) is 1. The third-order valence-corrected chi connectivity index (χ3v) is 6.19. The van der Waals surface area contributed by atoms with Crippen molar-refractivity contribution in [1.29, 1.82) is 0 Å². The quantitative estimate of drug-likeness (QED) is 0.779. The summed E-state index contributed by atoms with van der Waals surface area (Å²) in [5.74, 6) is 0. The van der Waals surface area contributed by atoms with Crippen molar-refractivity contribution in [3.63, 3.8) is 0 Å². The average Bonchev–Trinajstić information content (AvgIpc) is 3.00. The molecule has 0 spiro atoms. The van der Waals surface area contributed by atoms with Gasteiger partial charge in [0.1, 0.15) is 0 Å². The fourth-order valence-corrected chi connectivity index (χ4v) is 4.46. The van der Waals surface area contributed by atoms with Crippen molar-refractivity contribution in [2.45, 2.75) is 58.4 Å². The molecule has 1 saturated heterocycles. The van der Waals surface area contributed by atoms with Gasteiger partial charge in [-0.1, -0.05) is 25.7 Å². The highest BCUT2D eigenvalue weighted by molar-refractivity contribution is 5.89. The van der Waals surface area contributed by atoms with E-state index < -0.39 is 0 Å². The van der Waals surface area contributed by atoms with E-state index in [4.69, 9.17) is 0 Å². The number of hydrogen-bond acceptors (Lipinski definition) is 3. The van der Waals surface area contributed by atoms with E-state index in [-0.39, 0.29) is 6.03 Å². The summed E-state index contributed by atoms with van der Waals surface area (Å²) < 4.78 is 0. The molecule has 2 fully saturated rings. The second kappa shape index (κ2) is 9.98. The third kappa shape index (κ3) is 5.38. The predicted molar refractivity (Wildman–Crippen MR) is 114 cm³/mol. The summed E-state index contributed by atoms with van der Waals surface area (Å²) in [7, 11) is 0. The van der Waals surface area contributed by atoms with Gasteiger partial charge in [-0.3, -0.25) is 4.90 Å². The van der Waals surface area contributed by atoms with E-state index in [9.17, 15) is 4.79 Å². The van der Waals surface area contributed by atoms with Crippen LogP contribution in [-0.2, 0) is 0 Å². The van der Waals surface area contributed by atoms with Crippen LogP contribution in [-0.4, -0.2) is 61.1 Å². The van der Waals surface area contributed by atoms with Gasteiger partial charge in [-0.25, -0.2) is 4.79 Å². The molecule has 1 aliphatic heterocycles. The number of benzene rings is 1. The highest BCUT2D eigenvalue weighted by Crippen LogP contribution is 2.23. The van der Waals surface area contributed by atoms with Crippen molar-refractivity contribution in [2.75, 3.05) is 49.5 Å². The van der Waals surface area contributed by atoms with Gasteiger partial charge in [0.2, 0.25) is 0 Å². The molecule has 1 aliphatic carbocycles. The molecular formula is C22H36N4O. The van der Waals surface area contributed by atoms with Gasteiger partial charge in [0.05, 0.1) is 0 Å². The third-order valence-electron chi connectivity index (χ3n) is 6.19. The van der Waals surface area contributed by atoms with Crippen LogP contribution in [0.2, 0.25) is 0 Å². The Morgan fingerprint density at radius 1 is 0.963 bits per heavy atom. The molecule has 5 heteroatoms. The fourth-order valence-electron chi connectivity index (χ4n) is 4.46. The summed E-state index contributed by atoms with van der Waals surface area (Å²) >= 11 is 0. The van der Waals surface area contributed by atoms with Crippen molar-refractivity contribution < 1.29 is 4.79 Å². The van der Waals surface area contributed by atoms with Crippen LogP contribution in [0.25, 0.3) is 0 Å². The van der Waals surface area contributed by atoms with Crippen molar-refractivity contribution in [3.8, 4) is 0 Å². The van der Waals surface area contributed by atoms with Crippen LogP contribution in [0.5, 0.6) is 0 Å². The first-order chi connectivity index (χ1) is 13.2. The zero-order valence-electron chi connectivity index (χ0n) is 17.1. The lowest BCUT2D eigenvalue weighted by Gasteiger charge is -2.39. The van der Waals surface area contributed by atoms with Crippen LogP contribution in [0.4, 0.5) is 16.2 Å². The Hall–Kier alpha value is -1.75. The molecule has 2 amide bonds. The number of carbonyl (C=O) groups is 1. The topological polar surface area (TPSA) is 38.8 Å². The van der Waals surface area contributed by atoms with E-state index in [0.717, 1.165) is 51.0 Å². The molecule has 5 nitrogen and oxygen atoms in total. The smallest absolute Gasteiger partial charge is 0.321 e. The number of hydrogen-bond donors (Lipinski definition) is 1. The summed E-state index contributed by atoms with van der Waals surface area (Å²) in [5, 5.41) is 3.07. The molecular weight excluding hydrogens is 336 g/mol. The minimum atomic E-state index is 0.0334. The molecule has 3 rings (SSSR count). The van der Waals surface area contributed by atoms with E-state index in [2.05, 4.69) is 41.1 Å². The maximum absolute atomic E-state index is 12.6. The Balaban J connectivity index is 1.48. The second-order valence-electron chi connectivity index (χ2n) is 7.82. The van der Waals surface area contributed by atoms with Crippen molar-refractivity contribution in [2.24, 2.45) is 0 Å². The molecule has 1 aromatic rings. The van der Waals surface area contributed by atoms with Crippen molar-refractivity contribution >= 4 is 17.4 Å². The van der Waals surface area contributed by atoms with Gasteiger partial charge < -0.3 is 15.1 Å². The van der Waals surface area contributed by atoms with Crippen LogP contribution in [0.1, 0.15) is 52.4 Å². The second-order valence-corrected chi connectivity index (χ2v) is 7.82. The zero-order valence-corrected chi connectivity index (χ0v) is 17.1. The normalized spacial score (nSPS) is 19.6. The average molecular weight is 373 g/mol. The van der Waals surface area contributed by atoms with Gasteiger partial charge >= 0.3 is 6.03 Å². The van der Waals surface area contributed by atoms with E-state index in [1.165, 1.54) is 44.2 Å². The van der Waals surface area contributed by atoms with Gasteiger partial charge in [-0.05, 0) is 51.0 Å². The van der Waals surface area contributed by atoms with E-state index in [1.54, 1.807) is 0 Å². The number of nitrogens with zero attached hydrogens (tertiary/aromatic N) is 3. The summed E-state index contributed by atoms with van der Waals surface area (Å²) in [5.41, 5.74) is 2.08. The Kier molecular flexibility index (Phi) is 7.39. The lowest BCUT2D eigenvalue weighted by Crippen LogP contribution is -2.52. The molecule has 1 saturated carbocycles. The molecule has 2 aliphatic rings. The number of anilines is 2. The first-order valence-electron chi connectivity index (χ1n) is 10.9. The van der Waals surface area contributed by atoms with Crippen molar-refractivity contribution in [3.05, 3.63) is 24.3 Å². The number of rotatable bonds is 5. The first-order valence-corrected chi connectivity index (χ1v) is 10.9. The molecule has 150 valence electrons.